The van der Waals surface area contributed by atoms with E-state index in [2.05, 4.69) is 36.7 Å². The number of carbonyl (C=O) groups excluding carboxylic acids is 1. The average molecular weight is 269 g/mol. The molecule has 0 saturated heterocycles. The highest BCUT2D eigenvalue weighted by atomic mass is 32.1. The van der Waals surface area contributed by atoms with Crippen LogP contribution in [0.25, 0.3) is 0 Å². The van der Waals surface area contributed by atoms with Crippen LogP contribution in [-0.2, 0) is 9.53 Å². The van der Waals surface area contributed by atoms with Crippen molar-refractivity contribution in [3.8, 4) is 0 Å². The molecule has 1 rings (SSSR count). The van der Waals surface area contributed by atoms with E-state index in [9.17, 15) is 4.79 Å². The largest absolute Gasteiger partial charge is 0.469 e. The van der Waals surface area contributed by atoms with Crippen molar-refractivity contribution in [2.45, 2.75) is 33.7 Å². The lowest BCUT2D eigenvalue weighted by molar-refractivity contribution is -0.150. The summed E-state index contributed by atoms with van der Waals surface area (Å²) < 4.78 is 4.82. The number of hydrogen-bond acceptors (Lipinski definition) is 4. The first-order valence-electron chi connectivity index (χ1n) is 6.23. The molecular formula is C14H23NO2S. The minimum atomic E-state index is -0.501. The number of nitrogens with one attached hydrogen (secondary N) is 1. The molecule has 1 atom stereocenters. The van der Waals surface area contributed by atoms with Crippen LogP contribution >= 0.6 is 11.3 Å². The van der Waals surface area contributed by atoms with Crippen LogP contribution in [0.4, 0.5) is 0 Å². The zero-order valence-corrected chi connectivity index (χ0v) is 12.6. The van der Waals surface area contributed by atoms with Crippen LogP contribution < -0.4 is 5.32 Å². The Kier molecular flexibility index (Phi) is 5.35. The molecular weight excluding hydrogens is 246 g/mol. The third-order valence-electron chi connectivity index (χ3n) is 3.02. The molecule has 0 fully saturated rings. The van der Waals surface area contributed by atoms with Crippen LogP contribution in [0.2, 0.25) is 0 Å². The fraction of sp³-hybridized carbons (Fsp3) is 0.643. The van der Waals surface area contributed by atoms with E-state index in [1.54, 1.807) is 11.3 Å². The van der Waals surface area contributed by atoms with Gasteiger partial charge in [0.05, 0.1) is 12.5 Å². The Morgan fingerprint density at radius 3 is 2.61 bits per heavy atom. The van der Waals surface area contributed by atoms with E-state index < -0.39 is 5.41 Å². The van der Waals surface area contributed by atoms with Gasteiger partial charge in [0.15, 0.2) is 0 Å². The van der Waals surface area contributed by atoms with E-state index >= 15 is 0 Å². The van der Waals surface area contributed by atoms with Gasteiger partial charge in [0.25, 0.3) is 0 Å². The third kappa shape index (κ3) is 3.82. The normalized spacial score (nSPS) is 13.7. The molecule has 0 amide bonds. The highest BCUT2D eigenvalue weighted by Gasteiger charge is 2.30. The Balaban J connectivity index is 2.67. The molecule has 0 aliphatic heterocycles. The summed E-state index contributed by atoms with van der Waals surface area (Å²) in [6.45, 7) is 8.78. The van der Waals surface area contributed by atoms with Gasteiger partial charge in [0.2, 0.25) is 0 Å². The van der Waals surface area contributed by atoms with Gasteiger partial charge in [-0.1, -0.05) is 19.9 Å². The van der Waals surface area contributed by atoms with Crippen molar-refractivity contribution in [3.63, 3.8) is 0 Å². The van der Waals surface area contributed by atoms with Gasteiger partial charge in [0, 0.05) is 17.5 Å². The first kappa shape index (κ1) is 15.2. The van der Waals surface area contributed by atoms with E-state index in [0.717, 1.165) is 0 Å². The SMILES string of the molecule is COC(=O)C(C)(C)CNC(c1cccs1)C(C)C. The Hall–Kier alpha value is -0.870. The first-order valence-corrected chi connectivity index (χ1v) is 7.11. The Morgan fingerprint density at radius 1 is 1.50 bits per heavy atom. The topological polar surface area (TPSA) is 38.3 Å². The molecule has 4 heteroatoms. The fourth-order valence-corrected chi connectivity index (χ4v) is 2.82. The Bertz CT molecular complexity index is 371. The molecule has 18 heavy (non-hydrogen) atoms. The van der Waals surface area contributed by atoms with Crippen LogP contribution in [0.3, 0.4) is 0 Å². The smallest absolute Gasteiger partial charge is 0.312 e. The molecule has 0 spiro atoms. The summed E-state index contributed by atoms with van der Waals surface area (Å²) in [6.07, 6.45) is 0. The fourth-order valence-electron chi connectivity index (χ4n) is 1.85. The van der Waals surface area contributed by atoms with E-state index in [4.69, 9.17) is 4.74 Å². The lowest BCUT2D eigenvalue weighted by atomic mass is 9.92. The standard InChI is InChI=1S/C14H23NO2S/c1-10(2)12(11-7-6-8-18-11)15-9-14(3,4)13(16)17-5/h6-8,10,12,15H,9H2,1-5H3. The lowest BCUT2D eigenvalue weighted by Gasteiger charge is -2.27. The van der Waals surface area contributed by atoms with Crippen molar-refractivity contribution in [1.82, 2.24) is 5.32 Å². The van der Waals surface area contributed by atoms with E-state index in [1.807, 2.05) is 13.8 Å². The van der Waals surface area contributed by atoms with Crippen molar-refractivity contribution >= 4 is 17.3 Å². The summed E-state index contributed by atoms with van der Waals surface area (Å²) in [5.74, 6) is 0.306. The molecule has 0 aliphatic carbocycles. The molecule has 3 nitrogen and oxygen atoms in total. The predicted molar refractivity (Wildman–Crippen MR) is 75.7 cm³/mol. The minimum absolute atomic E-state index is 0.177. The second-order valence-electron chi connectivity index (χ2n) is 5.49. The van der Waals surface area contributed by atoms with Crippen LogP contribution in [0, 0.1) is 11.3 Å². The Labute approximate surface area is 114 Å². The monoisotopic (exact) mass is 269 g/mol. The van der Waals surface area contributed by atoms with Gasteiger partial charge in [-0.25, -0.2) is 0 Å². The third-order valence-corrected chi connectivity index (χ3v) is 3.97. The van der Waals surface area contributed by atoms with Gasteiger partial charge in [-0.2, -0.15) is 0 Å². The number of rotatable bonds is 6. The molecule has 1 unspecified atom stereocenters. The van der Waals surface area contributed by atoms with Crippen LogP contribution in [0.15, 0.2) is 17.5 Å². The maximum atomic E-state index is 11.6. The molecule has 1 N–H and O–H groups in total. The van der Waals surface area contributed by atoms with Gasteiger partial charge in [-0.05, 0) is 31.2 Å². The van der Waals surface area contributed by atoms with Crippen LogP contribution in [-0.4, -0.2) is 19.6 Å². The number of thiophene rings is 1. The molecule has 1 aromatic heterocycles. The van der Waals surface area contributed by atoms with Crippen LogP contribution in [0.5, 0.6) is 0 Å². The summed E-state index contributed by atoms with van der Waals surface area (Å²) in [5, 5.41) is 5.57. The van der Waals surface area contributed by atoms with Crippen molar-refractivity contribution in [2.75, 3.05) is 13.7 Å². The van der Waals surface area contributed by atoms with Crippen molar-refractivity contribution in [3.05, 3.63) is 22.4 Å². The number of methoxy groups -OCH3 is 1. The van der Waals surface area contributed by atoms with Crippen molar-refractivity contribution in [2.24, 2.45) is 11.3 Å². The molecule has 102 valence electrons. The van der Waals surface area contributed by atoms with E-state index in [0.29, 0.717) is 12.5 Å². The molecule has 0 bridgehead atoms. The number of hydrogen-bond donors (Lipinski definition) is 1. The number of carbonyl (C=O) groups is 1. The maximum Gasteiger partial charge on any atom is 0.312 e. The molecule has 1 heterocycles. The molecule has 0 radical (unpaired) electrons. The number of esters is 1. The number of ether oxygens (including phenoxy) is 1. The second kappa shape index (κ2) is 6.34. The second-order valence-corrected chi connectivity index (χ2v) is 6.47. The summed E-state index contributed by atoms with van der Waals surface area (Å²) in [6, 6.07) is 4.48. The zero-order valence-electron chi connectivity index (χ0n) is 11.8. The summed E-state index contributed by atoms with van der Waals surface area (Å²) >= 11 is 1.75. The van der Waals surface area contributed by atoms with Gasteiger partial charge in [-0.15, -0.1) is 11.3 Å². The molecule has 0 aromatic carbocycles. The van der Waals surface area contributed by atoms with Gasteiger partial charge in [-0.3, -0.25) is 4.79 Å². The molecule has 1 aromatic rings. The molecule has 0 saturated carbocycles. The quantitative estimate of drug-likeness (QED) is 0.806. The minimum Gasteiger partial charge on any atom is -0.469 e. The summed E-state index contributed by atoms with van der Waals surface area (Å²) in [5.41, 5.74) is -0.501. The zero-order chi connectivity index (χ0) is 13.8. The van der Waals surface area contributed by atoms with Gasteiger partial charge in [0.1, 0.15) is 0 Å². The van der Waals surface area contributed by atoms with Gasteiger partial charge >= 0.3 is 5.97 Å². The predicted octanol–water partition coefficient (Wildman–Crippen LogP) is 3.23. The first-order chi connectivity index (χ1) is 8.38. The van der Waals surface area contributed by atoms with Crippen LogP contribution in [0.1, 0.15) is 38.6 Å². The highest BCUT2D eigenvalue weighted by molar-refractivity contribution is 7.10. The maximum absolute atomic E-state index is 11.6. The lowest BCUT2D eigenvalue weighted by Crippen LogP contribution is -2.39. The highest BCUT2D eigenvalue weighted by Crippen LogP contribution is 2.27. The van der Waals surface area contributed by atoms with E-state index in [-0.39, 0.29) is 12.0 Å². The van der Waals surface area contributed by atoms with Crippen molar-refractivity contribution < 1.29 is 9.53 Å². The van der Waals surface area contributed by atoms with E-state index in [1.165, 1.54) is 12.0 Å². The Morgan fingerprint density at radius 2 is 2.17 bits per heavy atom. The molecule has 0 aliphatic rings. The average Bonchev–Trinajstić information content (AvgIpc) is 2.81. The van der Waals surface area contributed by atoms with Crippen molar-refractivity contribution in [1.29, 1.82) is 0 Å². The summed E-state index contributed by atoms with van der Waals surface area (Å²) in [7, 11) is 1.43. The summed E-state index contributed by atoms with van der Waals surface area (Å²) in [4.78, 5) is 13.0. The van der Waals surface area contributed by atoms with Gasteiger partial charge < -0.3 is 10.1 Å².